The van der Waals surface area contributed by atoms with E-state index in [1.165, 1.54) is 0 Å². The number of H-pyrrole nitrogens is 1. The predicted molar refractivity (Wildman–Crippen MR) is 93.9 cm³/mol. The monoisotopic (exact) mass is 338 g/mol. The van der Waals surface area contributed by atoms with Crippen molar-refractivity contribution >= 4 is 16.9 Å². The lowest BCUT2D eigenvalue weighted by atomic mass is 10.1. The summed E-state index contributed by atoms with van der Waals surface area (Å²) >= 11 is 0. The van der Waals surface area contributed by atoms with Gasteiger partial charge in [-0.25, -0.2) is 9.78 Å². The molecule has 0 aliphatic heterocycles. The van der Waals surface area contributed by atoms with E-state index >= 15 is 0 Å². The van der Waals surface area contributed by atoms with Gasteiger partial charge in [0.05, 0.1) is 23.6 Å². The Morgan fingerprint density at radius 3 is 2.72 bits per heavy atom. The summed E-state index contributed by atoms with van der Waals surface area (Å²) in [7, 11) is 1.55. The lowest BCUT2D eigenvalue weighted by Gasteiger charge is -2.14. The number of methoxy groups -OCH3 is 1. The molecule has 1 N–H and O–H groups in total. The molecule has 0 radical (unpaired) electrons. The number of para-hydroxylation sites is 1. The van der Waals surface area contributed by atoms with E-state index in [2.05, 4.69) is 9.97 Å². The van der Waals surface area contributed by atoms with E-state index in [0.29, 0.717) is 28.0 Å². The zero-order valence-corrected chi connectivity index (χ0v) is 14.2. The Hall–Kier alpha value is -3.15. The van der Waals surface area contributed by atoms with Crippen LogP contribution in [-0.4, -0.2) is 23.0 Å². The summed E-state index contributed by atoms with van der Waals surface area (Å²) < 4.78 is 10.7. The fraction of sp³-hybridized carbons (Fsp3) is 0.211. The fourth-order valence-corrected chi connectivity index (χ4v) is 2.53. The van der Waals surface area contributed by atoms with Gasteiger partial charge in [-0.05, 0) is 43.7 Å². The molecule has 0 bridgehead atoms. The van der Waals surface area contributed by atoms with Crippen molar-refractivity contribution in [1.82, 2.24) is 9.97 Å². The summed E-state index contributed by atoms with van der Waals surface area (Å²) in [6.07, 6.45) is -0.697. The second kappa shape index (κ2) is 6.76. The van der Waals surface area contributed by atoms with Crippen LogP contribution in [0.3, 0.4) is 0 Å². The first-order valence-corrected chi connectivity index (χ1v) is 7.84. The predicted octanol–water partition coefficient (Wildman–Crippen LogP) is 3.16. The topological polar surface area (TPSA) is 81.3 Å². The Morgan fingerprint density at radius 1 is 1.20 bits per heavy atom. The van der Waals surface area contributed by atoms with E-state index in [0.717, 1.165) is 5.56 Å². The number of rotatable bonds is 4. The van der Waals surface area contributed by atoms with Gasteiger partial charge in [-0.3, -0.25) is 4.79 Å². The molecule has 0 fully saturated rings. The van der Waals surface area contributed by atoms with Crippen LogP contribution in [0.5, 0.6) is 5.75 Å². The molecule has 1 aromatic heterocycles. The number of esters is 1. The minimum absolute atomic E-state index is 0.263. The van der Waals surface area contributed by atoms with Gasteiger partial charge in [0, 0.05) is 0 Å². The summed E-state index contributed by atoms with van der Waals surface area (Å²) in [6, 6.07) is 12.1. The second-order valence-corrected chi connectivity index (χ2v) is 5.70. The van der Waals surface area contributed by atoms with Gasteiger partial charge in [-0.15, -0.1) is 0 Å². The number of fused-ring (bicyclic) bond motifs is 1. The third-order valence-corrected chi connectivity index (χ3v) is 3.94. The van der Waals surface area contributed by atoms with E-state index in [9.17, 15) is 9.59 Å². The molecule has 0 spiro atoms. The number of nitrogens with one attached hydrogen (secondary N) is 1. The number of hydrogen-bond acceptors (Lipinski definition) is 5. The highest BCUT2D eigenvalue weighted by Crippen LogP contribution is 2.22. The van der Waals surface area contributed by atoms with Gasteiger partial charge in [0.25, 0.3) is 5.56 Å². The van der Waals surface area contributed by atoms with Crippen molar-refractivity contribution in [3.63, 3.8) is 0 Å². The van der Waals surface area contributed by atoms with Crippen LogP contribution in [0.2, 0.25) is 0 Å². The van der Waals surface area contributed by atoms with Gasteiger partial charge in [0.2, 0.25) is 0 Å². The highest BCUT2D eigenvalue weighted by molar-refractivity contribution is 5.90. The Kier molecular flexibility index (Phi) is 4.52. The largest absolute Gasteiger partial charge is 0.496 e. The third kappa shape index (κ3) is 3.38. The van der Waals surface area contributed by atoms with Crippen molar-refractivity contribution < 1.29 is 14.3 Å². The van der Waals surface area contributed by atoms with Gasteiger partial charge < -0.3 is 14.5 Å². The van der Waals surface area contributed by atoms with Gasteiger partial charge in [0.1, 0.15) is 5.75 Å². The molecular formula is C19H18N2O4. The first-order chi connectivity index (χ1) is 12.0. The van der Waals surface area contributed by atoms with Crippen LogP contribution in [0.1, 0.15) is 34.8 Å². The molecule has 128 valence electrons. The normalized spacial score (nSPS) is 12.0. The van der Waals surface area contributed by atoms with Crippen LogP contribution in [0.25, 0.3) is 10.9 Å². The maximum absolute atomic E-state index is 12.4. The SMILES string of the molecule is COc1cc(C(=O)O[C@@H](C)c2nc3ccccc3c(=O)[nH]2)ccc1C. The number of nitrogens with zero attached hydrogens (tertiary/aromatic N) is 1. The van der Waals surface area contributed by atoms with Crippen molar-refractivity contribution in [3.05, 3.63) is 69.8 Å². The van der Waals surface area contributed by atoms with Crippen LogP contribution in [0, 0.1) is 6.92 Å². The van der Waals surface area contributed by atoms with Crippen molar-refractivity contribution in [2.24, 2.45) is 0 Å². The van der Waals surface area contributed by atoms with Crippen LogP contribution in [-0.2, 0) is 4.74 Å². The Balaban J connectivity index is 1.85. The molecule has 0 aliphatic rings. The van der Waals surface area contributed by atoms with Crippen molar-refractivity contribution in [1.29, 1.82) is 0 Å². The molecule has 1 atom stereocenters. The number of aryl methyl sites for hydroxylation is 1. The molecule has 3 rings (SSSR count). The van der Waals surface area contributed by atoms with Gasteiger partial charge in [-0.1, -0.05) is 18.2 Å². The van der Waals surface area contributed by atoms with Crippen molar-refractivity contribution in [3.8, 4) is 5.75 Å². The first-order valence-electron chi connectivity index (χ1n) is 7.84. The molecule has 3 aromatic rings. The fourth-order valence-electron chi connectivity index (χ4n) is 2.53. The number of carbonyl (C=O) groups excluding carboxylic acids is 1. The summed E-state index contributed by atoms with van der Waals surface area (Å²) in [5.74, 6) is 0.400. The van der Waals surface area contributed by atoms with E-state index in [-0.39, 0.29) is 5.56 Å². The van der Waals surface area contributed by atoms with Crippen LogP contribution in [0.4, 0.5) is 0 Å². The molecule has 0 saturated heterocycles. The molecule has 0 saturated carbocycles. The first kappa shape index (κ1) is 16.7. The highest BCUT2D eigenvalue weighted by Gasteiger charge is 2.17. The average molecular weight is 338 g/mol. The van der Waals surface area contributed by atoms with Crippen molar-refractivity contribution in [2.45, 2.75) is 20.0 Å². The molecule has 0 unspecified atom stereocenters. The Morgan fingerprint density at radius 2 is 1.96 bits per heavy atom. The third-order valence-electron chi connectivity index (χ3n) is 3.94. The summed E-state index contributed by atoms with van der Waals surface area (Å²) in [5, 5.41) is 0.494. The number of benzene rings is 2. The molecule has 6 heteroatoms. The smallest absolute Gasteiger partial charge is 0.338 e. The Bertz CT molecular complexity index is 994. The number of ether oxygens (including phenoxy) is 2. The van der Waals surface area contributed by atoms with E-state index < -0.39 is 12.1 Å². The molecule has 2 aromatic carbocycles. The van der Waals surface area contributed by atoms with Gasteiger partial charge in [0.15, 0.2) is 11.9 Å². The minimum atomic E-state index is -0.697. The maximum atomic E-state index is 12.4. The van der Waals surface area contributed by atoms with Crippen LogP contribution >= 0.6 is 0 Å². The van der Waals surface area contributed by atoms with Crippen LogP contribution in [0.15, 0.2) is 47.3 Å². The molecule has 0 aliphatic carbocycles. The van der Waals surface area contributed by atoms with Crippen molar-refractivity contribution in [2.75, 3.05) is 7.11 Å². The van der Waals surface area contributed by atoms with E-state index in [1.807, 2.05) is 6.92 Å². The molecule has 6 nitrogen and oxygen atoms in total. The van der Waals surface area contributed by atoms with Gasteiger partial charge in [-0.2, -0.15) is 0 Å². The quantitative estimate of drug-likeness (QED) is 0.739. The molecular weight excluding hydrogens is 320 g/mol. The zero-order valence-electron chi connectivity index (χ0n) is 14.2. The van der Waals surface area contributed by atoms with E-state index in [4.69, 9.17) is 9.47 Å². The average Bonchev–Trinajstić information content (AvgIpc) is 2.62. The number of carbonyl (C=O) groups is 1. The highest BCUT2D eigenvalue weighted by atomic mass is 16.5. The lowest BCUT2D eigenvalue weighted by Crippen LogP contribution is -2.17. The summed E-state index contributed by atoms with van der Waals surface area (Å²) in [6.45, 7) is 3.55. The standard InChI is InChI=1S/C19H18N2O4/c1-11-8-9-13(10-16(11)24-3)19(23)25-12(2)17-20-15-7-5-4-6-14(15)18(22)21-17/h4-10,12H,1-3H3,(H,20,21,22)/t12-/m0/s1. The molecule has 1 heterocycles. The van der Waals surface area contributed by atoms with E-state index in [1.54, 1.807) is 56.5 Å². The number of aromatic amines is 1. The maximum Gasteiger partial charge on any atom is 0.338 e. The lowest BCUT2D eigenvalue weighted by molar-refractivity contribution is 0.0319. The number of hydrogen-bond donors (Lipinski definition) is 1. The Labute approximate surface area is 144 Å². The molecule has 25 heavy (non-hydrogen) atoms. The minimum Gasteiger partial charge on any atom is -0.496 e. The van der Waals surface area contributed by atoms with Gasteiger partial charge >= 0.3 is 5.97 Å². The zero-order chi connectivity index (χ0) is 18.0. The molecule has 0 amide bonds. The van der Waals surface area contributed by atoms with Crippen LogP contribution < -0.4 is 10.3 Å². The number of aromatic nitrogens is 2. The second-order valence-electron chi connectivity index (χ2n) is 5.70. The summed E-state index contributed by atoms with van der Waals surface area (Å²) in [5.41, 5.74) is 1.59. The summed E-state index contributed by atoms with van der Waals surface area (Å²) in [4.78, 5) is 31.5.